The highest BCUT2D eigenvalue weighted by Gasteiger charge is 2.13. The van der Waals surface area contributed by atoms with Crippen LogP contribution in [0.5, 0.6) is 0 Å². The maximum absolute atomic E-state index is 12.8. The van der Waals surface area contributed by atoms with Gasteiger partial charge in [-0.3, -0.25) is 14.8 Å². The van der Waals surface area contributed by atoms with Crippen LogP contribution in [0.25, 0.3) is 11.1 Å². The average molecular weight is 382 g/mol. The van der Waals surface area contributed by atoms with Gasteiger partial charge in [0.25, 0.3) is 5.91 Å². The molecule has 0 radical (unpaired) electrons. The van der Waals surface area contributed by atoms with Crippen molar-refractivity contribution in [2.75, 3.05) is 10.6 Å². The minimum Gasteiger partial charge on any atom is -0.324 e. The minimum atomic E-state index is -0.341. The summed E-state index contributed by atoms with van der Waals surface area (Å²) in [5, 5.41) is 5.98. The molecular weight excluding hydrogens is 364 g/mol. The van der Waals surface area contributed by atoms with Crippen molar-refractivity contribution in [1.82, 2.24) is 19.9 Å². The van der Waals surface area contributed by atoms with E-state index in [4.69, 9.17) is 0 Å². The first-order valence-electron chi connectivity index (χ1n) is 9.02. The summed E-state index contributed by atoms with van der Waals surface area (Å²) in [6.45, 7) is 1.90. The van der Waals surface area contributed by atoms with E-state index in [-0.39, 0.29) is 11.6 Å². The number of benzene rings is 1. The lowest BCUT2D eigenvalue weighted by atomic mass is 10.1. The maximum Gasteiger partial charge on any atom is 0.274 e. The number of carbonyl (C=O) groups is 1. The molecule has 29 heavy (non-hydrogen) atoms. The first kappa shape index (κ1) is 18.2. The third kappa shape index (κ3) is 4.41. The number of rotatable bonds is 5. The van der Waals surface area contributed by atoms with Crippen molar-refractivity contribution in [3.63, 3.8) is 0 Å². The lowest BCUT2D eigenvalue weighted by Gasteiger charge is -2.11. The molecule has 3 aromatic heterocycles. The minimum absolute atomic E-state index is 0.246. The zero-order chi connectivity index (χ0) is 20.1. The normalized spacial score (nSPS) is 10.4. The number of hydrogen-bond acceptors (Lipinski definition) is 6. The van der Waals surface area contributed by atoms with E-state index in [1.165, 1.54) is 0 Å². The fourth-order valence-electron chi connectivity index (χ4n) is 2.85. The SMILES string of the molecule is Cc1cc(Nc2nccc(C(=O)Nc3cnccc3-c3ccccc3)n2)ccn1. The molecule has 0 unspecified atom stereocenters. The van der Waals surface area contributed by atoms with Crippen LogP contribution in [0.2, 0.25) is 0 Å². The molecule has 2 N–H and O–H groups in total. The number of aryl methyl sites for hydroxylation is 1. The van der Waals surface area contributed by atoms with E-state index in [2.05, 4.69) is 30.6 Å². The van der Waals surface area contributed by atoms with Crippen LogP contribution in [0.15, 0.2) is 79.4 Å². The van der Waals surface area contributed by atoms with Crippen LogP contribution < -0.4 is 10.6 Å². The smallest absolute Gasteiger partial charge is 0.274 e. The highest BCUT2D eigenvalue weighted by Crippen LogP contribution is 2.27. The molecule has 0 saturated heterocycles. The van der Waals surface area contributed by atoms with Crippen molar-refractivity contribution < 1.29 is 4.79 Å². The summed E-state index contributed by atoms with van der Waals surface area (Å²) in [5.74, 6) is -0.00994. The molecule has 7 nitrogen and oxygen atoms in total. The topological polar surface area (TPSA) is 92.7 Å². The Bertz CT molecular complexity index is 1150. The number of aromatic nitrogens is 4. The third-order valence-electron chi connectivity index (χ3n) is 4.20. The van der Waals surface area contributed by atoms with Gasteiger partial charge in [-0.05, 0) is 36.8 Å². The molecule has 1 aromatic carbocycles. The first-order valence-corrected chi connectivity index (χ1v) is 9.02. The molecule has 0 aliphatic carbocycles. The predicted molar refractivity (Wildman–Crippen MR) is 112 cm³/mol. The van der Waals surface area contributed by atoms with E-state index >= 15 is 0 Å². The molecule has 0 saturated carbocycles. The fraction of sp³-hybridized carbons (Fsp3) is 0.0455. The first-order chi connectivity index (χ1) is 14.2. The molecule has 1 amide bonds. The Balaban J connectivity index is 1.56. The van der Waals surface area contributed by atoms with Crippen molar-refractivity contribution in [1.29, 1.82) is 0 Å². The quantitative estimate of drug-likeness (QED) is 0.536. The Hall–Kier alpha value is -4.13. The molecule has 3 heterocycles. The maximum atomic E-state index is 12.8. The number of anilines is 3. The summed E-state index contributed by atoms with van der Waals surface area (Å²) in [7, 11) is 0. The molecule has 4 aromatic rings. The highest BCUT2D eigenvalue weighted by atomic mass is 16.1. The monoisotopic (exact) mass is 382 g/mol. The van der Waals surface area contributed by atoms with Crippen molar-refractivity contribution in [2.24, 2.45) is 0 Å². The zero-order valence-corrected chi connectivity index (χ0v) is 15.7. The molecule has 0 fully saturated rings. The van der Waals surface area contributed by atoms with Crippen LogP contribution >= 0.6 is 0 Å². The van der Waals surface area contributed by atoms with E-state index in [1.807, 2.05) is 55.5 Å². The van der Waals surface area contributed by atoms with Gasteiger partial charge in [0, 0.05) is 35.5 Å². The number of hydrogen-bond donors (Lipinski definition) is 2. The molecule has 7 heteroatoms. The van der Waals surface area contributed by atoms with Crippen LogP contribution in [-0.4, -0.2) is 25.8 Å². The highest BCUT2D eigenvalue weighted by molar-refractivity contribution is 6.05. The van der Waals surface area contributed by atoms with Crippen LogP contribution in [0.4, 0.5) is 17.3 Å². The number of carbonyl (C=O) groups excluding carboxylic acids is 1. The standard InChI is InChI=1S/C22H18N6O/c1-15-13-17(7-11-24-15)26-22-25-12-9-19(28-22)21(29)27-20-14-23-10-8-18(20)16-5-3-2-4-6-16/h2-14H,1H3,(H,27,29)(H,24,25,26,28). The Labute approximate surface area is 167 Å². The largest absolute Gasteiger partial charge is 0.324 e. The molecule has 0 spiro atoms. The van der Waals surface area contributed by atoms with E-state index in [0.29, 0.717) is 11.6 Å². The average Bonchev–Trinajstić information content (AvgIpc) is 2.75. The van der Waals surface area contributed by atoms with Gasteiger partial charge in [-0.2, -0.15) is 0 Å². The predicted octanol–water partition coefficient (Wildman–Crippen LogP) is 4.24. The van der Waals surface area contributed by atoms with Crippen LogP contribution in [0.1, 0.15) is 16.2 Å². The van der Waals surface area contributed by atoms with E-state index in [9.17, 15) is 4.79 Å². The number of nitrogens with zero attached hydrogens (tertiary/aromatic N) is 4. The van der Waals surface area contributed by atoms with Gasteiger partial charge in [0.1, 0.15) is 5.69 Å². The summed E-state index contributed by atoms with van der Waals surface area (Å²) < 4.78 is 0. The van der Waals surface area contributed by atoms with Crippen molar-refractivity contribution in [2.45, 2.75) is 6.92 Å². The molecular formula is C22H18N6O. The fourth-order valence-corrected chi connectivity index (χ4v) is 2.85. The molecule has 0 atom stereocenters. The second kappa shape index (κ2) is 8.26. The van der Waals surface area contributed by atoms with Gasteiger partial charge in [-0.15, -0.1) is 0 Å². The zero-order valence-electron chi connectivity index (χ0n) is 15.7. The molecule has 4 rings (SSSR count). The lowest BCUT2D eigenvalue weighted by Crippen LogP contribution is -2.15. The van der Waals surface area contributed by atoms with Crippen molar-refractivity contribution in [3.8, 4) is 11.1 Å². The van der Waals surface area contributed by atoms with Gasteiger partial charge >= 0.3 is 0 Å². The second-order valence-corrected chi connectivity index (χ2v) is 6.32. The summed E-state index contributed by atoms with van der Waals surface area (Å²) >= 11 is 0. The Kier molecular flexibility index (Phi) is 5.20. The summed E-state index contributed by atoms with van der Waals surface area (Å²) in [6, 6.07) is 16.9. The number of nitrogens with one attached hydrogen (secondary N) is 2. The lowest BCUT2D eigenvalue weighted by molar-refractivity contribution is 0.102. The number of pyridine rings is 2. The van der Waals surface area contributed by atoms with E-state index < -0.39 is 0 Å². The van der Waals surface area contributed by atoms with Gasteiger partial charge in [0.05, 0.1) is 11.9 Å². The molecule has 0 bridgehead atoms. The second-order valence-electron chi connectivity index (χ2n) is 6.32. The van der Waals surface area contributed by atoms with Gasteiger partial charge in [-0.25, -0.2) is 9.97 Å². The van der Waals surface area contributed by atoms with Gasteiger partial charge < -0.3 is 10.6 Å². The number of amides is 1. The Morgan fingerprint density at radius 3 is 2.59 bits per heavy atom. The summed E-state index contributed by atoms with van der Waals surface area (Å²) in [6.07, 6.45) is 6.56. The molecule has 142 valence electrons. The summed E-state index contributed by atoms with van der Waals surface area (Å²) in [5.41, 5.74) is 4.40. The molecule has 0 aliphatic rings. The van der Waals surface area contributed by atoms with Crippen molar-refractivity contribution >= 4 is 23.2 Å². The van der Waals surface area contributed by atoms with E-state index in [1.54, 1.807) is 30.9 Å². The Morgan fingerprint density at radius 1 is 0.931 bits per heavy atom. The molecule has 0 aliphatic heterocycles. The summed E-state index contributed by atoms with van der Waals surface area (Å²) in [4.78, 5) is 29.6. The van der Waals surface area contributed by atoms with Crippen LogP contribution in [0, 0.1) is 6.92 Å². The van der Waals surface area contributed by atoms with Gasteiger partial charge in [0.15, 0.2) is 0 Å². The Morgan fingerprint density at radius 2 is 1.76 bits per heavy atom. The van der Waals surface area contributed by atoms with Crippen molar-refractivity contribution in [3.05, 3.63) is 90.8 Å². The van der Waals surface area contributed by atoms with E-state index in [0.717, 1.165) is 22.5 Å². The van der Waals surface area contributed by atoms with Gasteiger partial charge in [0.2, 0.25) is 5.95 Å². The van der Waals surface area contributed by atoms with Gasteiger partial charge in [-0.1, -0.05) is 30.3 Å². The van der Waals surface area contributed by atoms with Crippen LogP contribution in [0.3, 0.4) is 0 Å². The third-order valence-corrected chi connectivity index (χ3v) is 4.20. The van der Waals surface area contributed by atoms with Crippen LogP contribution in [-0.2, 0) is 0 Å².